The van der Waals surface area contributed by atoms with Gasteiger partial charge >= 0.3 is 0 Å². The third-order valence-corrected chi connectivity index (χ3v) is 9.90. The van der Waals surface area contributed by atoms with Crippen LogP contribution in [0.5, 0.6) is 0 Å². The average Bonchev–Trinajstić information content (AvgIpc) is 2.97. The Morgan fingerprint density at radius 3 is 2.26 bits per heavy atom. The zero-order valence-electron chi connectivity index (χ0n) is 24.4. The number of aryl methyl sites for hydroxylation is 2. The molecule has 11 heteroatoms. The molecule has 0 fully saturated rings. The van der Waals surface area contributed by atoms with Gasteiger partial charge in [-0.15, -0.1) is 0 Å². The molecule has 0 spiro atoms. The number of rotatable bonds is 12. The summed E-state index contributed by atoms with van der Waals surface area (Å²) in [7, 11) is -7.86. The Labute approximate surface area is 254 Å². The van der Waals surface area contributed by atoms with Crippen LogP contribution < -0.4 is 20.1 Å². The van der Waals surface area contributed by atoms with Crippen molar-refractivity contribution >= 4 is 31.5 Å². The standard InChI is InChI=1S/C32H39N3O6S2/c36-42(37,38)21-3-1-17-34-19-5-7-26-23-28(9-11-30(26)34)32(25-13-15-33-16-14-25)29-10-12-31-27(24-29)8-6-20-35(31)18-2-4-22-43(39,40)41/h9-16,23-24H,1-8,17-22H2,(H-,36,37,38,39,40,41)/p+1. The Morgan fingerprint density at radius 1 is 0.791 bits per heavy atom. The minimum atomic E-state index is -3.93. The predicted octanol–water partition coefficient (Wildman–Crippen LogP) is 2.85. The van der Waals surface area contributed by atoms with Crippen molar-refractivity contribution in [2.45, 2.75) is 51.4 Å². The van der Waals surface area contributed by atoms with E-state index in [1.165, 1.54) is 22.2 Å². The normalized spacial score (nSPS) is 16.0. The van der Waals surface area contributed by atoms with Crippen LogP contribution in [0.1, 0.15) is 60.8 Å². The number of benzene rings is 2. The van der Waals surface area contributed by atoms with Gasteiger partial charge in [0, 0.05) is 55.6 Å². The molecule has 0 atom stereocenters. The summed E-state index contributed by atoms with van der Waals surface area (Å²) in [6.07, 6.45) is 9.90. The second-order valence-corrected chi connectivity index (χ2v) is 14.6. The van der Waals surface area contributed by atoms with Gasteiger partial charge in [-0.3, -0.25) is 14.1 Å². The lowest BCUT2D eigenvalue weighted by molar-refractivity contribution is 0.472. The minimum Gasteiger partial charge on any atom is -0.371 e. The highest BCUT2D eigenvalue weighted by molar-refractivity contribution is 7.86. The fourth-order valence-electron chi connectivity index (χ4n) is 6.32. The van der Waals surface area contributed by atoms with Crippen LogP contribution in [-0.4, -0.2) is 68.6 Å². The van der Waals surface area contributed by atoms with Gasteiger partial charge in [-0.1, -0.05) is 6.07 Å². The molecule has 2 N–H and O–H groups in total. The maximum absolute atomic E-state index is 11.1. The van der Waals surface area contributed by atoms with E-state index in [1.807, 2.05) is 24.5 Å². The van der Waals surface area contributed by atoms with Crippen LogP contribution in [0.3, 0.4) is 0 Å². The van der Waals surface area contributed by atoms with Crippen LogP contribution in [0.25, 0.3) is 5.57 Å². The van der Waals surface area contributed by atoms with E-state index in [4.69, 9.17) is 9.11 Å². The highest BCUT2D eigenvalue weighted by Gasteiger charge is 2.20. The molecule has 0 radical (unpaired) electrons. The van der Waals surface area contributed by atoms with E-state index in [-0.39, 0.29) is 11.5 Å². The van der Waals surface area contributed by atoms with Crippen molar-refractivity contribution in [2.24, 2.45) is 0 Å². The lowest BCUT2D eigenvalue weighted by Crippen LogP contribution is -2.39. The first-order valence-corrected chi connectivity index (χ1v) is 18.2. The molecule has 0 aliphatic carbocycles. The number of hydrogen-bond acceptors (Lipinski definition) is 6. The molecule has 230 valence electrons. The van der Waals surface area contributed by atoms with Crippen LogP contribution in [0.4, 0.5) is 5.69 Å². The number of hydrogen-bond donors (Lipinski definition) is 2. The molecular weight excluding hydrogens is 587 g/mol. The van der Waals surface area contributed by atoms with Crippen molar-refractivity contribution in [2.75, 3.05) is 42.6 Å². The highest BCUT2D eigenvalue weighted by Crippen LogP contribution is 2.31. The zero-order chi connectivity index (χ0) is 30.5. The van der Waals surface area contributed by atoms with E-state index in [2.05, 4.69) is 50.9 Å². The van der Waals surface area contributed by atoms with Gasteiger partial charge in [0.15, 0.2) is 0 Å². The Bertz CT molecular complexity index is 1790. The molecule has 0 unspecified atom stereocenters. The van der Waals surface area contributed by atoms with Gasteiger partial charge in [-0.05, 0) is 102 Å². The summed E-state index contributed by atoms with van der Waals surface area (Å²) < 4.78 is 64.8. The van der Waals surface area contributed by atoms with Gasteiger partial charge < -0.3 is 4.90 Å². The van der Waals surface area contributed by atoms with Gasteiger partial charge in [-0.2, -0.15) is 16.8 Å². The third kappa shape index (κ3) is 8.50. The van der Waals surface area contributed by atoms with Crippen molar-refractivity contribution in [3.05, 3.63) is 93.8 Å². The Hall–Kier alpha value is -3.12. The third-order valence-electron chi connectivity index (χ3n) is 8.30. The van der Waals surface area contributed by atoms with E-state index < -0.39 is 20.2 Å². The molecular formula is C32H40N3O6S2+. The van der Waals surface area contributed by atoms with E-state index in [9.17, 15) is 16.8 Å². The molecule has 2 aliphatic rings. The molecule has 0 saturated carbocycles. The van der Waals surface area contributed by atoms with Crippen LogP contribution in [0.2, 0.25) is 0 Å². The maximum atomic E-state index is 11.1. The molecule has 5 rings (SSSR count). The summed E-state index contributed by atoms with van der Waals surface area (Å²) in [5.74, 6) is -0.410. The van der Waals surface area contributed by atoms with Gasteiger partial charge in [0.1, 0.15) is 13.1 Å². The van der Waals surface area contributed by atoms with Gasteiger partial charge in [-0.25, -0.2) is 4.58 Å². The first-order valence-electron chi connectivity index (χ1n) is 15.0. The molecule has 2 aliphatic heterocycles. The maximum Gasteiger partial charge on any atom is 0.264 e. The van der Waals surface area contributed by atoms with E-state index in [0.717, 1.165) is 73.8 Å². The van der Waals surface area contributed by atoms with E-state index in [1.54, 1.807) is 0 Å². The van der Waals surface area contributed by atoms with Crippen LogP contribution >= 0.6 is 0 Å². The molecule has 0 amide bonds. The second kappa shape index (κ2) is 13.7. The number of aromatic nitrogens is 1. The van der Waals surface area contributed by atoms with Crippen LogP contribution in [-0.2, 0) is 33.1 Å². The fourth-order valence-corrected chi connectivity index (χ4v) is 7.46. The van der Waals surface area contributed by atoms with Crippen molar-refractivity contribution in [1.29, 1.82) is 0 Å². The average molecular weight is 627 g/mol. The number of pyridine rings is 1. The van der Waals surface area contributed by atoms with Gasteiger partial charge in [0.2, 0.25) is 5.36 Å². The SMILES string of the molecule is O=S(=O)(O)CCCCN1CCCc2cc(/C(c3ccncc3)=c3\ccc4c(c3)CCC[N+]=4CCCCS(=O)(=O)O)ccc21. The Balaban J connectivity index is 1.48. The fraction of sp³-hybridized carbons (Fsp3) is 0.438. The zero-order valence-corrected chi connectivity index (χ0v) is 26.0. The summed E-state index contributed by atoms with van der Waals surface area (Å²) in [5, 5.41) is 2.32. The number of fused-ring (bicyclic) bond motifs is 2. The number of anilines is 1. The van der Waals surface area contributed by atoms with Gasteiger partial charge in [0.25, 0.3) is 20.2 Å². The summed E-state index contributed by atoms with van der Waals surface area (Å²) in [6.45, 7) is 3.35. The second-order valence-electron chi connectivity index (χ2n) is 11.5. The molecule has 9 nitrogen and oxygen atoms in total. The highest BCUT2D eigenvalue weighted by atomic mass is 32.2. The predicted molar refractivity (Wildman–Crippen MR) is 169 cm³/mol. The topological polar surface area (TPSA) is 128 Å². The molecule has 43 heavy (non-hydrogen) atoms. The smallest absolute Gasteiger partial charge is 0.264 e. The van der Waals surface area contributed by atoms with Crippen molar-refractivity contribution in [1.82, 2.24) is 9.56 Å². The van der Waals surface area contributed by atoms with Crippen molar-refractivity contribution < 1.29 is 25.9 Å². The number of nitrogens with zero attached hydrogens (tertiary/aromatic N) is 3. The Kier molecular flexibility index (Phi) is 9.95. The molecule has 3 aromatic rings. The van der Waals surface area contributed by atoms with Crippen molar-refractivity contribution in [3.63, 3.8) is 0 Å². The summed E-state index contributed by atoms with van der Waals surface area (Å²) in [6, 6.07) is 17.4. The largest absolute Gasteiger partial charge is 0.371 e. The molecule has 3 heterocycles. The van der Waals surface area contributed by atoms with Crippen LogP contribution in [0.15, 0.2) is 60.9 Å². The molecule has 0 bridgehead atoms. The molecule has 1 aromatic heterocycles. The summed E-state index contributed by atoms with van der Waals surface area (Å²) >= 11 is 0. The lowest BCUT2D eigenvalue weighted by atomic mass is 9.91. The summed E-state index contributed by atoms with van der Waals surface area (Å²) in [4.78, 5) is 6.57. The van der Waals surface area contributed by atoms with Gasteiger partial charge in [0.05, 0.1) is 11.5 Å². The first-order chi connectivity index (χ1) is 20.6. The van der Waals surface area contributed by atoms with Crippen LogP contribution in [0, 0.1) is 0 Å². The molecule has 2 aromatic carbocycles. The minimum absolute atomic E-state index is 0.205. The van der Waals surface area contributed by atoms with E-state index in [0.29, 0.717) is 25.7 Å². The Morgan fingerprint density at radius 2 is 1.51 bits per heavy atom. The first kappa shape index (κ1) is 31.3. The lowest BCUT2D eigenvalue weighted by Gasteiger charge is -2.32. The molecule has 0 saturated heterocycles. The van der Waals surface area contributed by atoms with E-state index >= 15 is 0 Å². The van der Waals surface area contributed by atoms with Crippen molar-refractivity contribution in [3.8, 4) is 0 Å². The summed E-state index contributed by atoms with van der Waals surface area (Å²) in [5.41, 5.74) is 7.11. The quantitative estimate of drug-likeness (QED) is 0.179. The number of unbranched alkanes of at least 4 members (excludes halogenated alkanes) is 2. The monoisotopic (exact) mass is 626 g/mol.